The van der Waals surface area contributed by atoms with Gasteiger partial charge in [-0.3, -0.25) is 0 Å². The summed E-state index contributed by atoms with van der Waals surface area (Å²) in [5, 5.41) is 3.20. The molecule has 0 saturated carbocycles. The Labute approximate surface area is 90.8 Å². The van der Waals surface area contributed by atoms with Gasteiger partial charge in [0.25, 0.3) is 0 Å². The van der Waals surface area contributed by atoms with E-state index in [1.807, 2.05) is 37.3 Å². The topological polar surface area (TPSA) is 12.0 Å². The van der Waals surface area contributed by atoms with E-state index in [2.05, 4.69) is 11.9 Å². The summed E-state index contributed by atoms with van der Waals surface area (Å²) >= 11 is 5.23. The van der Waals surface area contributed by atoms with Crippen molar-refractivity contribution in [1.82, 2.24) is 5.32 Å². The highest BCUT2D eigenvalue weighted by atomic mass is 32.1. The average Bonchev–Trinajstić information content (AvgIpc) is 2.18. The molecule has 1 aromatic rings. The first-order valence-corrected chi connectivity index (χ1v) is 5.08. The van der Waals surface area contributed by atoms with E-state index < -0.39 is 0 Å². The van der Waals surface area contributed by atoms with Crippen LogP contribution in [-0.4, -0.2) is 11.5 Å². The van der Waals surface area contributed by atoms with Crippen LogP contribution in [0.25, 0.3) is 0 Å². The van der Waals surface area contributed by atoms with Crippen LogP contribution in [0.2, 0.25) is 0 Å². The van der Waals surface area contributed by atoms with Crippen LogP contribution in [0.1, 0.15) is 18.9 Å². The van der Waals surface area contributed by atoms with Crippen LogP contribution < -0.4 is 5.32 Å². The number of hydrogen-bond donors (Lipinski definition) is 1. The van der Waals surface area contributed by atoms with Gasteiger partial charge in [-0.05, 0) is 13.3 Å². The molecule has 0 saturated heterocycles. The van der Waals surface area contributed by atoms with Gasteiger partial charge in [0.2, 0.25) is 0 Å². The Morgan fingerprint density at radius 1 is 1.36 bits per heavy atom. The summed E-state index contributed by atoms with van der Waals surface area (Å²) in [4.78, 5) is 0.812. The molecule has 0 aliphatic carbocycles. The van der Waals surface area contributed by atoms with Crippen LogP contribution in [0.3, 0.4) is 0 Å². The molecule has 2 heteroatoms. The molecule has 0 heterocycles. The molecule has 0 radical (unpaired) electrons. The van der Waals surface area contributed by atoms with E-state index in [1.165, 1.54) is 5.57 Å². The van der Waals surface area contributed by atoms with Crippen molar-refractivity contribution in [2.24, 2.45) is 0 Å². The SMILES string of the molecule is C=C(C)CCNC(=S)c1ccccc1. The Balaban J connectivity index is 2.40. The molecular weight excluding hydrogens is 190 g/mol. The number of nitrogens with one attached hydrogen (secondary N) is 1. The zero-order valence-corrected chi connectivity index (χ0v) is 9.23. The van der Waals surface area contributed by atoms with Crippen LogP contribution in [0.5, 0.6) is 0 Å². The second-order valence-corrected chi connectivity index (χ2v) is 3.74. The Bertz CT molecular complexity index is 316. The maximum Gasteiger partial charge on any atom is 0.106 e. The van der Waals surface area contributed by atoms with Gasteiger partial charge in [0, 0.05) is 12.1 Å². The van der Waals surface area contributed by atoms with Gasteiger partial charge in [0.15, 0.2) is 0 Å². The van der Waals surface area contributed by atoms with Crippen molar-refractivity contribution in [1.29, 1.82) is 0 Å². The maximum absolute atomic E-state index is 5.23. The molecule has 0 aliphatic heterocycles. The van der Waals surface area contributed by atoms with Crippen molar-refractivity contribution in [3.05, 3.63) is 48.0 Å². The van der Waals surface area contributed by atoms with Crippen molar-refractivity contribution in [2.75, 3.05) is 6.54 Å². The summed E-state index contributed by atoms with van der Waals surface area (Å²) in [6, 6.07) is 9.98. The third kappa shape index (κ3) is 3.71. The number of hydrogen-bond acceptors (Lipinski definition) is 1. The quantitative estimate of drug-likeness (QED) is 0.599. The molecule has 1 nitrogen and oxygen atoms in total. The molecule has 0 spiro atoms. The minimum absolute atomic E-state index is 0.812. The van der Waals surface area contributed by atoms with E-state index in [-0.39, 0.29) is 0 Å². The first kappa shape index (κ1) is 10.9. The third-order valence-corrected chi connectivity index (χ3v) is 2.25. The summed E-state index contributed by atoms with van der Waals surface area (Å²) in [5.74, 6) is 0. The molecule has 14 heavy (non-hydrogen) atoms. The van der Waals surface area contributed by atoms with E-state index in [0.29, 0.717) is 0 Å². The van der Waals surface area contributed by atoms with Gasteiger partial charge in [-0.25, -0.2) is 0 Å². The molecule has 0 amide bonds. The van der Waals surface area contributed by atoms with Crippen LogP contribution in [0.15, 0.2) is 42.5 Å². The fraction of sp³-hybridized carbons (Fsp3) is 0.250. The van der Waals surface area contributed by atoms with Crippen molar-refractivity contribution in [3.8, 4) is 0 Å². The summed E-state index contributed by atoms with van der Waals surface area (Å²) in [6.07, 6.45) is 0.965. The fourth-order valence-corrected chi connectivity index (χ4v) is 1.32. The van der Waals surface area contributed by atoms with E-state index in [4.69, 9.17) is 12.2 Å². The Hall–Kier alpha value is -1.15. The zero-order chi connectivity index (χ0) is 10.4. The predicted octanol–water partition coefficient (Wildman–Crippen LogP) is 2.92. The highest BCUT2D eigenvalue weighted by Gasteiger charge is 1.97. The van der Waals surface area contributed by atoms with Gasteiger partial charge in [-0.1, -0.05) is 48.1 Å². The molecule has 1 N–H and O–H groups in total. The molecule has 0 bridgehead atoms. The lowest BCUT2D eigenvalue weighted by atomic mass is 10.2. The molecule has 1 rings (SSSR count). The van der Waals surface area contributed by atoms with E-state index >= 15 is 0 Å². The first-order chi connectivity index (χ1) is 6.70. The lowest BCUT2D eigenvalue weighted by Gasteiger charge is -2.07. The summed E-state index contributed by atoms with van der Waals surface area (Å²) in [6.45, 7) is 6.73. The molecule has 0 aromatic heterocycles. The number of thiocarbonyl (C=S) groups is 1. The summed E-state index contributed by atoms with van der Waals surface area (Å²) in [7, 11) is 0. The Kier molecular flexibility index (Phi) is 4.33. The van der Waals surface area contributed by atoms with Gasteiger partial charge in [0.1, 0.15) is 4.99 Å². The predicted molar refractivity (Wildman–Crippen MR) is 65.6 cm³/mol. The lowest BCUT2D eigenvalue weighted by molar-refractivity contribution is 0.867. The number of benzene rings is 1. The van der Waals surface area contributed by atoms with Gasteiger partial charge in [-0.2, -0.15) is 0 Å². The average molecular weight is 205 g/mol. The van der Waals surface area contributed by atoms with Crippen LogP contribution in [0, 0.1) is 0 Å². The van der Waals surface area contributed by atoms with Crippen molar-refractivity contribution < 1.29 is 0 Å². The third-order valence-electron chi connectivity index (χ3n) is 1.87. The maximum atomic E-state index is 5.23. The van der Waals surface area contributed by atoms with Gasteiger partial charge in [-0.15, -0.1) is 6.58 Å². The van der Waals surface area contributed by atoms with Crippen LogP contribution in [-0.2, 0) is 0 Å². The van der Waals surface area contributed by atoms with Crippen molar-refractivity contribution >= 4 is 17.2 Å². The van der Waals surface area contributed by atoms with Gasteiger partial charge < -0.3 is 5.32 Å². The first-order valence-electron chi connectivity index (χ1n) is 4.68. The minimum Gasteiger partial charge on any atom is -0.375 e. The molecule has 0 fully saturated rings. The normalized spacial score (nSPS) is 9.50. The highest BCUT2D eigenvalue weighted by Crippen LogP contribution is 2.00. The van der Waals surface area contributed by atoms with Gasteiger partial charge >= 0.3 is 0 Å². The Morgan fingerprint density at radius 2 is 2.00 bits per heavy atom. The minimum atomic E-state index is 0.812. The zero-order valence-electron chi connectivity index (χ0n) is 8.42. The molecule has 0 atom stereocenters. The molecule has 74 valence electrons. The number of rotatable bonds is 4. The van der Waals surface area contributed by atoms with Crippen molar-refractivity contribution in [3.63, 3.8) is 0 Å². The summed E-state index contributed by atoms with van der Waals surface area (Å²) in [5.41, 5.74) is 2.25. The molecule has 0 unspecified atom stereocenters. The summed E-state index contributed by atoms with van der Waals surface area (Å²) < 4.78 is 0. The van der Waals surface area contributed by atoms with Crippen molar-refractivity contribution in [2.45, 2.75) is 13.3 Å². The Morgan fingerprint density at radius 3 is 2.57 bits per heavy atom. The highest BCUT2D eigenvalue weighted by molar-refractivity contribution is 7.80. The van der Waals surface area contributed by atoms with Crippen LogP contribution >= 0.6 is 12.2 Å². The van der Waals surface area contributed by atoms with Crippen LogP contribution in [0.4, 0.5) is 0 Å². The second kappa shape index (κ2) is 5.55. The van der Waals surface area contributed by atoms with Gasteiger partial charge in [0.05, 0.1) is 0 Å². The molecular formula is C12H15NS. The fourth-order valence-electron chi connectivity index (χ4n) is 1.08. The van der Waals surface area contributed by atoms with E-state index in [1.54, 1.807) is 0 Å². The second-order valence-electron chi connectivity index (χ2n) is 3.33. The largest absolute Gasteiger partial charge is 0.375 e. The molecule has 0 aliphatic rings. The monoisotopic (exact) mass is 205 g/mol. The van der Waals surface area contributed by atoms with E-state index in [0.717, 1.165) is 23.5 Å². The lowest BCUT2D eigenvalue weighted by Crippen LogP contribution is -2.23. The molecule has 1 aromatic carbocycles. The van der Waals surface area contributed by atoms with E-state index in [9.17, 15) is 0 Å². The standard InChI is InChI=1S/C12H15NS/c1-10(2)8-9-13-12(14)11-6-4-3-5-7-11/h3-7H,1,8-9H2,2H3,(H,13,14). The smallest absolute Gasteiger partial charge is 0.106 e.